The highest BCUT2D eigenvalue weighted by Crippen LogP contribution is 2.36. The molecule has 1 fully saturated rings. The summed E-state index contributed by atoms with van der Waals surface area (Å²) in [6.45, 7) is 0. The Bertz CT molecular complexity index is 561. The van der Waals surface area contributed by atoms with Crippen molar-refractivity contribution in [3.63, 3.8) is 0 Å². The van der Waals surface area contributed by atoms with Gasteiger partial charge in [0, 0.05) is 37.5 Å². The molecule has 0 radical (unpaired) electrons. The van der Waals surface area contributed by atoms with E-state index in [1.54, 1.807) is 7.11 Å². The van der Waals surface area contributed by atoms with Crippen molar-refractivity contribution < 1.29 is 9.84 Å². The van der Waals surface area contributed by atoms with Gasteiger partial charge in [0.15, 0.2) is 0 Å². The summed E-state index contributed by atoms with van der Waals surface area (Å²) < 4.78 is 5.21. The SMILES string of the molecule is COC1CC(O)(Cc2ccc3ccccc3n2)C1. The van der Waals surface area contributed by atoms with Gasteiger partial charge in [-0.2, -0.15) is 0 Å². The van der Waals surface area contributed by atoms with E-state index in [2.05, 4.69) is 11.1 Å². The number of fused-ring (bicyclic) bond motifs is 1. The van der Waals surface area contributed by atoms with Gasteiger partial charge in [-0.1, -0.05) is 24.3 Å². The summed E-state index contributed by atoms with van der Waals surface area (Å²) in [5, 5.41) is 11.5. The topological polar surface area (TPSA) is 42.4 Å². The molecule has 0 amide bonds. The Morgan fingerprint density at radius 3 is 2.83 bits per heavy atom. The van der Waals surface area contributed by atoms with Crippen LogP contribution in [-0.4, -0.2) is 28.9 Å². The Balaban J connectivity index is 1.79. The van der Waals surface area contributed by atoms with Crippen LogP contribution in [0.4, 0.5) is 0 Å². The van der Waals surface area contributed by atoms with Gasteiger partial charge in [0.2, 0.25) is 0 Å². The van der Waals surface area contributed by atoms with Crippen molar-refractivity contribution in [1.82, 2.24) is 4.98 Å². The van der Waals surface area contributed by atoms with E-state index in [-0.39, 0.29) is 6.10 Å². The first-order valence-electron chi connectivity index (χ1n) is 6.28. The first kappa shape index (κ1) is 11.6. The highest BCUT2D eigenvalue weighted by atomic mass is 16.5. The Kier molecular flexibility index (Phi) is 2.80. The molecule has 0 unspecified atom stereocenters. The molecule has 1 saturated carbocycles. The van der Waals surface area contributed by atoms with Gasteiger partial charge in [-0.15, -0.1) is 0 Å². The average Bonchev–Trinajstić information content (AvgIpc) is 2.35. The smallest absolute Gasteiger partial charge is 0.0752 e. The average molecular weight is 243 g/mol. The zero-order chi connectivity index (χ0) is 12.6. The largest absolute Gasteiger partial charge is 0.389 e. The molecule has 0 aliphatic heterocycles. The minimum absolute atomic E-state index is 0.204. The van der Waals surface area contributed by atoms with E-state index >= 15 is 0 Å². The van der Waals surface area contributed by atoms with Gasteiger partial charge in [0.05, 0.1) is 17.2 Å². The Morgan fingerprint density at radius 1 is 1.28 bits per heavy atom. The fraction of sp³-hybridized carbons (Fsp3) is 0.400. The van der Waals surface area contributed by atoms with Crippen LogP contribution in [-0.2, 0) is 11.2 Å². The summed E-state index contributed by atoms with van der Waals surface area (Å²) in [7, 11) is 1.69. The molecule has 2 aromatic rings. The van der Waals surface area contributed by atoms with E-state index in [0.717, 1.165) is 16.6 Å². The third-order valence-electron chi connectivity index (χ3n) is 3.71. The lowest BCUT2D eigenvalue weighted by atomic mass is 9.74. The molecule has 1 aromatic heterocycles. The normalized spacial score (nSPS) is 27.1. The number of ether oxygens (including phenoxy) is 1. The van der Waals surface area contributed by atoms with Crippen molar-refractivity contribution in [1.29, 1.82) is 0 Å². The monoisotopic (exact) mass is 243 g/mol. The van der Waals surface area contributed by atoms with E-state index < -0.39 is 5.60 Å². The minimum Gasteiger partial charge on any atom is -0.389 e. The van der Waals surface area contributed by atoms with Gasteiger partial charge in [-0.25, -0.2) is 0 Å². The second-order valence-electron chi connectivity index (χ2n) is 5.16. The van der Waals surface area contributed by atoms with Crippen LogP contribution in [0.1, 0.15) is 18.5 Å². The Hall–Kier alpha value is -1.45. The number of rotatable bonds is 3. The third-order valence-corrected chi connectivity index (χ3v) is 3.71. The maximum atomic E-state index is 10.3. The van der Waals surface area contributed by atoms with Crippen molar-refractivity contribution in [2.45, 2.75) is 31.0 Å². The maximum Gasteiger partial charge on any atom is 0.0752 e. The molecular formula is C15H17NO2. The van der Waals surface area contributed by atoms with Crippen molar-refractivity contribution in [2.75, 3.05) is 7.11 Å². The first-order valence-corrected chi connectivity index (χ1v) is 6.28. The molecule has 1 N–H and O–H groups in total. The van der Waals surface area contributed by atoms with E-state index in [0.29, 0.717) is 19.3 Å². The summed E-state index contributed by atoms with van der Waals surface area (Å²) in [6.07, 6.45) is 2.23. The molecule has 3 heteroatoms. The van der Waals surface area contributed by atoms with Gasteiger partial charge >= 0.3 is 0 Å². The van der Waals surface area contributed by atoms with Crippen LogP contribution in [0.25, 0.3) is 10.9 Å². The van der Waals surface area contributed by atoms with Crippen molar-refractivity contribution in [3.8, 4) is 0 Å². The molecular weight excluding hydrogens is 226 g/mol. The lowest BCUT2D eigenvalue weighted by Gasteiger charge is -2.42. The second-order valence-corrected chi connectivity index (χ2v) is 5.16. The number of benzene rings is 1. The predicted molar refractivity (Wildman–Crippen MR) is 70.4 cm³/mol. The number of methoxy groups -OCH3 is 1. The van der Waals surface area contributed by atoms with Crippen molar-refractivity contribution in [3.05, 3.63) is 42.1 Å². The van der Waals surface area contributed by atoms with Crippen molar-refractivity contribution >= 4 is 10.9 Å². The molecule has 0 spiro atoms. The molecule has 0 atom stereocenters. The number of pyridine rings is 1. The number of para-hydroxylation sites is 1. The fourth-order valence-corrected chi connectivity index (χ4v) is 2.64. The molecule has 18 heavy (non-hydrogen) atoms. The maximum absolute atomic E-state index is 10.3. The summed E-state index contributed by atoms with van der Waals surface area (Å²) in [5.74, 6) is 0. The summed E-state index contributed by atoms with van der Waals surface area (Å²) in [4.78, 5) is 4.59. The first-order chi connectivity index (χ1) is 8.68. The Labute approximate surface area is 106 Å². The summed E-state index contributed by atoms with van der Waals surface area (Å²) in [5.41, 5.74) is 1.31. The van der Waals surface area contributed by atoms with Crippen LogP contribution in [0.5, 0.6) is 0 Å². The highest BCUT2D eigenvalue weighted by Gasteiger charge is 2.43. The van der Waals surface area contributed by atoms with Crippen molar-refractivity contribution in [2.24, 2.45) is 0 Å². The lowest BCUT2D eigenvalue weighted by Crippen LogP contribution is -2.49. The van der Waals surface area contributed by atoms with Gasteiger partial charge in [-0.3, -0.25) is 4.98 Å². The fourth-order valence-electron chi connectivity index (χ4n) is 2.64. The van der Waals surface area contributed by atoms with Crippen LogP contribution in [0.3, 0.4) is 0 Å². The van der Waals surface area contributed by atoms with E-state index in [1.165, 1.54) is 0 Å². The van der Waals surface area contributed by atoms with E-state index in [1.807, 2.05) is 30.3 Å². The third kappa shape index (κ3) is 2.11. The molecule has 3 rings (SSSR count). The van der Waals surface area contributed by atoms with E-state index in [9.17, 15) is 5.11 Å². The molecule has 3 nitrogen and oxygen atoms in total. The minimum atomic E-state index is -0.629. The molecule has 0 bridgehead atoms. The van der Waals surface area contributed by atoms with Crippen LogP contribution in [0.2, 0.25) is 0 Å². The summed E-state index contributed by atoms with van der Waals surface area (Å²) >= 11 is 0. The second kappa shape index (κ2) is 4.34. The van der Waals surface area contributed by atoms with Crippen LogP contribution in [0.15, 0.2) is 36.4 Å². The molecule has 1 aliphatic carbocycles. The zero-order valence-corrected chi connectivity index (χ0v) is 10.5. The predicted octanol–water partition coefficient (Wildman–Crippen LogP) is 2.32. The lowest BCUT2D eigenvalue weighted by molar-refractivity contribution is -0.126. The van der Waals surface area contributed by atoms with Gasteiger partial charge in [-0.05, 0) is 12.1 Å². The van der Waals surface area contributed by atoms with E-state index in [4.69, 9.17) is 4.74 Å². The number of aromatic nitrogens is 1. The van der Waals surface area contributed by atoms with Crippen LogP contribution >= 0.6 is 0 Å². The van der Waals surface area contributed by atoms with Gasteiger partial charge in [0.25, 0.3) is 0 Å². The number of nitrogens with zero attached hydrogens (tertiary/aromatic N) is 1. The number of aliphatic hydroxyl groups is 1. The summed E-state index contributed by atoms with van der Waals surface area (Å²) in [6, 6.07) is 12.1. The van der Waals surface area contributed by atoms with Crippen LogP contribution < -0.4 is 0 Å². The van der Waals surface area contributed by atoms with Gasteiger partial charge in [0.1, 0.15) is 0 Å². The number of hydrogen-bond acceptors (Lipinski definition) is 3. The zero-order valence-electron chi connectivity index (χ0n) is 10.5. The quantitative estimate of drug-likeness (QED) is 0.899. The molecule has 0 saturated heterocycles. The molecule has 94 valence electrons. The molecule has 1 heterocycles. The Morgan fingerprint density at radius 2 is 2.06 bits per heavy atom. The van der Waals surface area contributed by atoms with Gasteiger partial charge < -0.3 is 9.84 Å². The van der Waals surface area contributed by atoms with Crippen LogP contribution in [0, 0.1) is 0 Å². The standard InChI is InChI=1S/C15H17NO2/c1-18-13-9-15(17,10-13)8-12-7-6-11-4-2-3-5-14(11)16-12/h2-7,13,17H,8-10H2,1H3. The molecule has 1 aromatic carbocycles. The molecule has 1 aliphatic rings. The highest BCUT2D eigenvalue weighted by molar-refractivity contribution is 5.78. The number of hydrogen-bond donors (Lipinski definition) is 1.